The second-order valence-electron chi connectivity index (χ2n) is 3.27. The molecule has 72 valence electrons. The number of aromatic nitrogens is 2. The molecule has 0 saturated heterocycles. The van der Waals surface area contributed by atoms with Gasteiger partial charge in [-0.05, 0) is 23.6 Å². The van der Waals surface area contributed by atoms with Gasteiger partial charge in [-0.3, -0.25) is 9.97 Å². The fourth-order valence-electron chi connectivity index (χ4n) is 1.55. The van der Waals surface area contributed by atoms with Crippen LogP contribution in [-0.2, 0) is 0 Å². The second-order valence-corrected chi connectivity index (χ2v) is 4.22. The highest BCUT2D eigenvalue weighted by Crippen LogP contribution is 2.25. The standard InChI is InChI=1S/C12H8N2S/c1-2-12(15-5-1)10-6-9-7-13-4-3-11(9)14-8-10/h1-8H. The molecule has 0 aromatic carbocycles. The molecule has 2 nitrogen and oxygen atoms in total. The van der Waals surface area contributed by atoms with Gasteiger partial charge in [-0.15, -0.1) is 11.3 Å². The molecular weight excluding hydrogens is 204 g/mol. The molecule has 0 fully saturated rings. The molecular formula is C12H8N2S. The zero-order valence-electron chi connectivity index (χ0n) is 7.92. The third-order valence-electron chi connectivity index (χ3n) is 2.29. The SMILES string of the molecule is c1csc(-c2cnc3ccncc3c2)c1. The van der Waals surface area contributed by atoms with Gasteiger partial charge in [0.25, 0.3) is 0 Å². The average molecular weight is 212 g/mol. The first kappa shape index (κ1) is 8.56. The predicted octanol–water partition coefficient (Wildman–Crippen LogP) is 3.36. The Balaban J connectivity index is 2.22. The van der Waals surface area contributed by atoms with Crippen molar-refractivity contribution in [3.8, 4) is 10.4 Å². The molecule has 3 heteroatoms. The zero-order valence-corrected chi connectivity index (χ0v) is 8.74. The molecule has 0 aliphatic rings. The molecule has 0 saturated carbocycles. The van der Waals surface area contributed by atoms with Crippen LogP contribution in [0.2, 0.25) is 0 Å². The molecule has 0 spiro atoms. The molecule has 0 aliphatic carbocycles. The van der Waals surface area contributed by atoms with Crippen LogP contribution in [0.4, 0.5) is 0 Å². The molecule has 3 heterocycles. The average Bonchev–Trinajstić information content (AvgIpc) is 2.82. The normalized spacial score (nSPS) is 10.7. The van der Waals surface area contributed by atoms with Crippen LogP contribution in [0, 0.1) is 0 Å². The topological polar surface area (TPSA) is 25.8 Å². The first-order chi connectivity index (χ1) is 7.43. The summed E-state index contributed by atoms with van der Waals surface area (Å²) < 4.78 is 0. The lowest BCUT2D eigenvalue weighted by molar-refractivity contribution is 1.33. The molecule has 3 aromatic rings. The number of nitrogens with zero attached hydrogens (tertiary/aromatic N) is 2. The molecule has 0 bridgehead atoms. The van der Waals surface area contributed by atoms with Gasteiger partial charge in [-0.1, -0.05) is 6.07 Å². The Labute approximate surface area is 91.2 Å². The molecule has 15 heavy (non-hydrogen) atoms. The van der Waals surface area contributed by atoms with E-state index in [4.69, 9.17) is 0 Å². The summed E-state index contributed by atoms with van der Waals surface area (Å²) in [5.41, 5.74) is 2.15. The van der Waals surface area contributed by atoms with Crippen LogP contribution in [0.15, 0.2) is 48.2 Å². The van der Waals surface area contributed by atoms with E-state index in [9.17, 15) is 0 Å². The predicted molar refractivity (Wildman–Crippen MR) is 62.9 cm³/mol. The van der Waals surface area contributed by atoms with E-state index in [0.29, 0.717) is 0 Å². The summed E-state index contributed by atoms with van der Waals surface area (Å²) in [4.78, 5) is 9.75. The van der Waals surface area contributed by atoms with Crippen LogP contribution < -0.4 is 0 Å². The van der Waals surface area contributed by atoms with Crippen molar-refractivity contribution in [2.45, 2.75) is 0 Å². The van der Waals surface area contributed by atoms with Crippen molar-refractivity contribution in [2.24, 2.45) is 0 Å². The summed E-state index contributed by atoms with van der Waals surface area (Å²) >= 11 is 1.72. The van der Waals surface area contributed by atoms with Gasteiger partial charge in [0.05, 0.1) is 5.52 Å². The fraction of sp³-hybridized carbons (Fsp3) is 0. The highest BCUT2D eigenvalue weighted by molar-refractivity contribution is 7.13. The highest BCUT2D eigenvalue weighted by atomic mass is 32.1. The monoisotopic (exact) mass is 212 g/mol. The first-order valence-corrected chi connectivity index (χ1v) is 5.55. The van der Waals surface area contributed by atoms with Crippen LogP contribution in [-0.4, -0.2) is 9.97 Å². The smallest absolute Gasteiger partial charge is 0.0733 e. The Morgan fingerprint density at radius 3 is 3.00 bits per heavy atom. The number of pyridine rings is 2. The fourth-order valence-corrected chi connectivity index (χ4v) is 2.26. The van der Waals surface area contributed by atoms with E-state index in [1.165, 1.54) is 4.88 Å². The molecule has 0 N–H and O–H groups in total. The summed E-state index contributed by atoms with van der Waals surface area (Å²) in [5.74, 6) is 0. The van der Waals surface area contributed by atoms with Gasteiger partial charge in [0.2, 0.25) is 0 Å². The van der Waals surface area contributed by atoms with Gasteiger partial charge in [0, 0.05) is 34.4 Å². The summed E-state index contributed by atoms with van der Waals surface area (Å²) in [6, 6.07) is 8.20. The van der Waals surface area contributed by atoms with E-state index in [2.05, 4.69) is 27.5 Å². The van der Waals surface area contributed by atoms with Crippen LogP contribution in [0.5, 0.6) is 0 Å². The van der Waals surface area contributed by atoms with Crippen molar-refractivity contribution in [3.05, 3.63) is 48.2 Å². The van der Waals surface area contributed by atoms with Crippen LogP contribution in [0.25, 0.3) is 21.3 Å². The van der Waals surface area contributed by atoms with E-state index >= 15 is 0 Å². The quantitative estimate of drug-likeness (QED) is 0.618. The molecule has 3 aromatic heterocycles. The minimum absolute atomic E-state index is 0.991. The molecule has 0 radical (unpaired) electrons. The van der Waals surface area contributed by atoms with Gasteiger partial charge in [0.1, 0.15) is 0 Å². The van der Waals surface area contributed by atoms with Crippen molar-refractivity contribution in [1.29, 1.82) is 0 Å². The third kappa shape index (κ3) is 1.51. The Morgan fingerprint density at radius 1 is 1.13 bits per heavy atom. The van der Waals surface area contributed by atoms with Crippen molar-refractivity contribution >= 4 is 22.2 Å². The Bertz CT molecular complexity index is 587. The summed E-state index contributed by atoms with van der Waals surface area (Å²) in [6.45, 7) is 0. The molecule has 0 aliphatic heterocycles. The van der Waals surface area contributed by atoms with Gasteiger partial charge < -0.3 is 0 Å². The van der Waals surface area contributed by atoms with Crippen molar-refractivity contribution < 1.29 is 0 Å². The van der Waals surface area contributed by atoms with E-state index in [1.54, 1.807) is 17.5 Å². The Kier molecular flexibility index (Phi) is 1.96. The van der Waals surface area contributed by atoms with E-state index < -0.39 is 0 Å². The summed E-state index contributed by atoms with van der Waals surface area (Å²) in [7, 11) is 0. The minimum Gasteiger partial charge on any atom is -0.264 e. The summed E-state index contributed by atoms with van der Waals surface area (Å²) in [6.07, 6.45) is 5.52. The Hall–Kier alpha value is -1.74. The first-order valence-electron chi connectivity index (χ1n) is 4.67. The number of hydrogen-bond acceptors (Lipinski definition) is 3. The van der Waals surface area contributed by atoms with Crippen molar-refractivity contribution in [2.75, 3.05) is 0 Å². The maximum absolute atomic E-state index is 4.40. The van der Waals surface area contributed by atoms with E-state index in [1.807, 2.05) is 24.5 Å². The summed E-state index contributed by atoms with van der Waals surface area (Å²) in [5, 5.41) is 3.16. The Morgan fingerprint density at radius 2 is 2.13 bits per heavy atom. The number of thiophene rings is 1. The minimum atomic E-state index is 0.991. The van der Waals surface area contributed by atoms with E-state index in [-0.39, 0.29) is 0 Å². The largest absolute Gasteiger partial charge is 0.264 e. The lowest BCUT2D eigenvalue weighted by Gasteiger charge is -1.99. The second kappa shape index (κ2) is 3.44. The number of fused-ring (bicyclic) bond motifs is 1. The van der Waals surface area contributed by atoms with Crippen LogP contribution in [0.3, 0.4) is 0 Å². The number of rotatable bonds is 1. The molecule has 0 amide bonds. The van der Waals surface area contributed by atoms with Gasteiger partial charge in [0.15, 0.2) is 0 Å². The maximum atomic E-state index is 4.40. The molecule has 3 rings (SSSR count). The highest BCUT2D eigenvalue weighted by Gasteiger charge is 2.00. The van der Waals surface area contributed by atoms with E-state index in [0.717, 1.165) is 16.5 Å². The van der Waals surface area contributed by atoms with Gasteiger partial charge >= 0.3 is 0 Å². The lowest BCUT2D eigenvalue weighted by Crippen LogP contribution is -1.81. The zero-order chi connectivity index (χ0) is 10.1. The molecule has 0 unspecified atom stereocenters. The van der Waals surface area contributed by atoms with Crippen LogP contribution in [0.1, 0.15) is 0 Å². The van der Waals surface area contributed by atoms with Crippen molar-refractivity contribution in [1.82, 2.24) is 9.97 Å². The molecule has 0 atom stereocenters. The van der Waals surface area contributed by atoms with Gasteiger partial charge in [-0.25, -0.2) is 0 Å². The lowest BCUT2D eigenvalue weighted by atomic mass is 10.2. The van der Waals surface area contributed by atoms with Gasteiger partial charge in [-0.2, -0.15) is 0 Å². The van der Waals surface area contributed by atoms with Crippen molar-refractivity contribution in [3.63, 3.8) is 0 Å². The van der Waals surface area contributed by atoms with Crippen LogP contribution >= 0.6 is 11.3 Å². The maximum Gasteiger partial charge on any atom is 0.0733 e. The third-order valence-corrected chi connectivity index (χ3v) is 3.21. The number of hydrogen-bond donors (Lipinski definition) is 0.